The Kier molecular flexibility index (Phi) is 5.44. The molecule has 0 heterocycles. The normalized spacial score (nSPS) is 18.1. The van der Waals surface area contributed by atoms with Crippen LogP contribution in [0.5, 0.6) is 5.75 Å². The number of ether oxygens (including phenoxy) is 1. The first-order valence-electron chi connectivity index (χ1n) is 6.71. The number of carboxylic acids is 1. The summed E-state index contributed by atoms with van der Waals surface area (Å²) in [6.45, 7) is -0.545. The van der Waals surface area contributed by atoms with Crippen LogP contribution in [0.15, 0.2) is 35.2 Å². The smallest absolute Gasteiger partial charge is 0.341 e. The quantitative estimate of drug-likeness (QED) is 0.771. The van der Waals surface area contributed by atoms with Crippen molar-refractivity contribution in [2.24, 2.45) is 0 Å². The van der Waals surface area contributed by atoms with Crippen LogP contribution in [-0.4, -0.2) is 32.1 Å². The molecule has 1 aliphatic carbocycles. The minimum Gasteiger partial charge on any atom is -0.480 e. The third-order valence-electron chi connectivity index (χ3n) is 3.13. The number of hydrogen-bond acceptors (Lipinski definition) is 4. The minimum absolute atomic E-state index is 0.0131. The van der Waals surface area contributed by atoms with Crippen LogP contribution in [0.2, 0.25) is 5.02 Å². The summed E-state index contributed by atoms with van der Waals surface area (Å²) in [6.07, 6.45) is 6.44. The lowest BCUT2D eigenvalue weighted by Gasteiger charge is -2.18. The zero-order valence-corrected chi connectivity index (χ0v) is 13.2. The number of carboxylic acid groups (broad SMARTS) is 1. The fourth-order valence-electron chi connectivity index (χ4n) is 2.08. The molecule has 0 spiro atoms. The van der Waals surface area contributed by atoms with Crippen LogP contribution < -0.4 is 9.46 Å². The molecule has 0 aromatic heterocycles. The van der Waals surface area contributed by atoms with E-state index in [0.717, 1.165) is 19.3 Å². The van der Waals surface area contributed by atoms with Crippen molar-refractivity contribution in [3.63, 3.8) is 0 Å². The second kappa shape index (κ2) is 7.13. The molecule has 6 nitrogen and oxygen atoms in total. The van der Waals surface area contributed by atoms with Gasteiger partial charge in [-0.3, -0.25) is 0 Å². The topological polar surface area (TPSA) is 92.7 Å². The van der Waals surface area contributed by atoms with Gasteiger partial charge in [-0.15, -0.1) is 0 Å². The van der Waals surface area contributed by atoms with Gasteiger partial charge in [0.05, 0.1) is 9.92 Å². The van der Waals surface area contributed by atoms with E-state index in [9.17, 15) is 13.2 Å². The molecule has 0 aliphatic heterocycles. The molecule has 1 aromatic carbocycles. The van der Waals surface area contributed by atoms with E-state index in [0.29, 0.717) is 0 Å². The zero-order valence-electron chi connectivity index (χ0n) is 11.7. The number of aliphatic carboxylic acids is 1. The van der Waals surface area contributed by atoms with E-state index in [4.69, 9.17) is 21.4 Å². The number of benzene rings is 1. The average Bonchev–Trinajstić information content (AvgIpc) is 2.46. The molecule has 0 saturated carbocycles. The van der Waals surface area contributed by atoms with Crippen molar-refractivity contribution in [3.8, 4) is 5.75 Å². The van der Waals surface area contributed by atoms with Gasteiger partial charge in [0.25, 0.3) is 0 Å². The summed E-state index contributed by atoms with van der Waals surface area (Å²) in [5, 5.41) is 8.60. The molecule has 22 heavy (non-hydrogen) atoms. The Bertz CT molecular complexity index is 686. The Morgan fingerprint density at radius 2 is 2.23 bits per heavy atom. The van der Waals surface area contributed by atoms with Gasteiger partial charge in [-0.05, 0) is 37.5 Å². The highest BCUT2D eigenvalue weighted by atomic mass is 35.5. The van der Waals surface area contributed by atoms with Gasteiger partial charge in [0, 0.05) is 6.04 Å². The fraction of sp³-hybridized carbons (Fsp3) is 0.357. The summed E-state index contributed by atoms with van der Waals surface area (Å²) in [5.74, 6) is -1.01. The van der Waals surface area contributed by atoms with E-state index in [1.54, 1.807) is 0 Å². The number of carbonyl (C=O) groups is 1. The molecule has 2 N–H and O–H groups in total. The molecule has 120 valence electrons. The first-order valence-corrected chi connectivity index (χ1v) is 8.58. The predicted octanol–water partition coefficient (Wildman–Crippen LogP) is 2.19. The Morgan fingerprint density at radius 1 is 1.45 bits per heavy atom. The molecule has 8 heteroatoms. The monoisotopic (exact) mass is 345 g/mol. The second-order valence-corrected chi connectivity index (χ2v) is 6.98. The summed E-state index contributed by atoms with van der Waals surface area (Å²) in [7, 11) is -3.69. The van der Waals surface area contributed by atoms with Crippen molar-refractivity contribution in [2.45, 2.75) is 30.2 Å². The lowest BCUT2D eigenvalue weighted by molar-refractivity contribution is -0.139. The maximum absolute atomic E-state index is 12.3. The summed E-state index contributed by atoms with van der Waals surface area (Å²) < 4.78 is 32.1. The number of allylic oxidation sites excluding steroid dienone is 1. The van der Waals surface area contributed by atoms with E-state index < -0.39 is 22.6 Å². The molecule has 1 aliphatic rings. The first-order chi connectivity index (χ1) is 10.4. The molecule has 1 atom stereocenters. The number of rotatable bonds is 6. The summed E-state index contributed by atoms with van der Waals surface area (Å²) in [6, 6.07) is 3.70. The Labute approximate surface area is 133 Å². The minimum atomic E-state index is -3.69. The third-order valence-corrected chi connectivity index (χ3v) is 4.91. The van der Waals surface area contributed by atoms with Gasteiger partial charge in [-0.1, -0.05) is 23.8 Å². The van der Waals surface area contributed by atoms with Crippen molar-refractivity contribution in [3.05, 3.63) is 35.4 Å². The predicted molar refractivity (Wildman–Crippen MR) is 81.7 cm³/mol. The van der Waals surface area contributed by atoms with Gasteiger partial charge in [0.1, 0.15) is 5.75 Å². The van der Waals surface area contributed by atoms with Crippen LogP contribution in [0.25, 0.3) is 0 Å². The van der Waals surface area contributed by atoms with Crippen LogP contribution in [0.3, 0.4) is 0 Å². The molecular formula is C14H16ClNO5S. The lowest BCUT2D eigenvalue weighted by Crippen LogP contribution is -2.34. The summed E-state index contributed by atoms with van der Waals surface area (Å²) in [4.78, 5) is 10.5. The van der Waals surface area contributed by atoms with E-state index in [2.05, 4.69) is 4.72 Å². The number of hydrogen-bond donors (Lipinski definition) is 2. The van der Waals surface area contributed by atoms with Gasteiger partial charge >= 0.3 is 5.97 Å². The lowest BCUT2D eigenvalue weighted by atomic mass is 10.0. The molecular weight excluding hydrogens is 330 g/mol. The van der Waals surface area contributed by atoms with Crippen LogP contribution in [0.1, 0.15) is 19.3 Å². The SMILES string of the molecule is O=C(O)COc1ccc(S(=O)(=O)N[C@@H]2C=CCCC2)cc1Cl. The van der Waals surface area contributed by atoms with E-state index >= 15 is 0 Å². The summed E-state index contributed by atoms with van der Waals surface area (Å²) >= 11 is 5.94. The van der Waals surface area contributed by atoms with Crippen molar-refractivity contribution in [1.29, 1.82) is 0 Å². The van der Waals surface area contributed by atoms with Crippen LogP contribution in [-0.2, 0) is 14.8 Å². The van der Waals surface area contributed by atoms with Gasteiger partial charge in [-0.2, -0.15) is 0 Å². The highest BCUT2D eigenvalue weighted by molar-refractivity contribution is 7.89. The maximum Gasteiger partial charge on any atom is 0.341 e. The maximum atomic E-state index is 12.3. The molecule has 0 bridgehead atoms. The van der Waals surface area contributed by atoms with Crippen LogP contribution >= 0.6 is 11.6 Å². The third kappa shape index (κ3) is 4.46. The highest BCUT2D eigenvalue weighted by Gasteiger charge is 2.20. The molecule has 0 radical (unpaired) electrons. The number of sulfonamides is 1. The largest absolute Gasteiger partial charge is 0.480 e. The molecule has 0 fully saturated rings. The van der Waals surface area contributed by atoms with Crippen molar-refractivity contribution in [1.82, 2.24) is 4.72 Å². The van der Waals surface area contributed by atoms with Gasteiger partial charge in [0.2, 0.25) is 10.0 Å². The molecule has 0 saturated heterocycles. The van der Waals surface area contributed by atoms with Crippen molar-refractivity contribution >= 4 is 27.6 Å². The van der Waals surface area contributed by atoms with E-state index in [-0.39, 0.29) is 21.7 Å². The zero-order chi connectivity index (χ0) is 16.2. The standard InChI is InChI=1S/C14H16ClNO5S/c15-12-8-11(6-7-13(12)21-9-14(17)18)22(19,20)16-10-4-2-1-3-5-10/h2,4,6-8,10,16H,1,3,5,9H2,(H,17,18)/t10-/m1/s1. The molecule has 0 unspecified atom stereocenters. The van der Waals surface area contributed by atoms with E-state index in [1.807, 2.05) is 12.2 Å². The Hall–Kier alpha value is -1.57. The van der Waals surface area contributed by atoms with Crippen LogP contribution in [0.4, 0.5) is 0 Å². The van der Waals surface area contributed by atoms with Gasteiger partial charge < -0.3 is 9.84 Å². The van der Waals surface area contributed by atoms with Gasteiger partial charge in [-0.25, -0.2) is 17.9 Å². The average molecular weight is 346 g/mol. The molecule has 2 rings (SSSR count). The van der Waals surface area contributed by atoms with Crippen molar-refractivity contribution in [2.75, 3.05) is 6.61 Å². The summed E-state index contributed by atoms with van der Waals surface area (Å²) in [5.41, 5.74) is 0. The first kappa shape index (κ1) is 16.8. The van der Waals surface area contributed by atoms with Gasteiger partial charge in [0.15, 0.2) is 6.61 Å². The Morgan fingerprint density at radius 3 is 2.82 bits per heavy atom. The number of nitrogens with one attached hydrogen (secondary N) is 1. The van der Waals surface area contributed by atoms with Crippen molar-refractivity contribution < 1.29 is 23.1 Å². The Balaban J connectivity index is 2.13. The second-order valence-electron chi connectivity index (χ2n) is 4.86. The molecule has 0 amide bonds. The van der Waals surface area contributed by atoms with Crippen LogP contribution in [0, 0.1) is 0 Å². The fourth-order valence-corrected chi connectivity index (χ4v) is 3.63. The number of halogens is 1. The molecule has 1 aromatic rings. The van der Waals surface area contributed by atoms with E-state index in [1.165, 1.54) is 18.2 Å². The highest BCUT2D eigenvalue weighted by Crippen LogP contribution is 2.27.